The topological polar surface area (TPSA) is 41.5 Å². The third kappa shape index (κ3) is 5.14. The fraction of sp³-hybridized carbons (Fsp3) is 0.647. The molecule has 1 unspecified atom stereocenters. The van der Waals surface area contributed by atoms with Crippen LogP contribution in [0.3, 0.4) is 0 Å². The molecule has 1 aromatic rings. The van der Waals surface area contributed by atoms with Crippen molar-refractivity contribution in [3.05, 3.63) is 28.8 Å². The molecule has 0 bridgehead atoms. The first-order chi connectivity index (χ1) is 9.25. The molecule has 2 N–H and O–H groups in total. The zero-order valence-electron chi connectivity index (χ0n) is 13.7. The highest BCUT2D eigenvalue weighted by molar-refractivity contribution is 5.43. The number of aryl methyl sites for hydroxylation is 2. The molecular weight excluding hydrogens is 250 g/mol. The van der Waals surface area contributed by atoms with Gasteiger partial charge in [-0.3, -0.25) is 0 Å². The van der Waals surface area contributed by atoms with Gasteiger partial charge in [-0.05, 0) is 43.9 Å². The molecular formula is C17H29NO2. The van der Waals surface area contributed by atoms with Gasteiger partial charge in [-0.1, -0.05) is 32.9 Å². The van der Waals surface area contributed by atoms with Gasteiger partial charge in [0.1, 0.15) is 12.4 Å². The molecule has 0 saturated heterocycles. The first kappa shape index (κ1) is 17.0. The molecule has 1 rings (SSSR count). The SMILES string of the molecule is CCC(C)(O)COc1c(C)cc(CNC(C)C)cc1C. The van der Waals surface area contributed by atoms with Crippen LogP contribution in [0.5, 0.6) is 5.75 Å². The van der Waals surface area contributed by atoms with Crippen molar-refractivity contribution in [3.63, 3.8) is 0 Å². The van der Waals surface area contributed by atoms with Crippen molar-refractivity contribution < 1.29 is 9.84 Å². The third-order valence-electron chi connectivity index (χ3n) is 3.52. The Labute approximate surface area is 123 Å². The fourth-order valence-corrected chi connectivity index (χ4v) is 2.02. The lowest BCUT2D eigenvalue weighted by Crippen LogP contribution is -2.31. The first-order valence-electron chi connectivity index (χ1n) is 7.44. The maximum Gasteiger partial charge on any atom is 0.125 e. The average Bonchev–Trinajstić information content (AvgIpc) is 2.35. The van der Waals surface area contributed by atoms with Gasteiger partial charge in [-0.25, -0.2) is 0 Å². The van der Waals surface area contributed by atoms with E-state index in [2.05, 4.69) is 45.1 Å². The van der Waals surface area contributed by atoms with Crippen LogP contribution in [0.15, 0.2) is 12.1 Å². The predicted molar refractivity (Wildman–Crippen MR) is 84.3 cm³/mol. The Morgan fingerprint density at radius 2 is 1.80 bits per heavy atom. The van der Waals surface area contributed by atoms with Crippen LogP contribution in [0.2, 0.25) is 0 Å². The Hall–Kier alpha value is -1.06. The Morgan fingerprint density at radius 1 is 1.25 bits per heavy atom. The first-order valence-corrected chi connectivity index (χ1v) is 7.44. The molecule has 0 aromatic heterocycles. The standard InChI is InChI=1S/C17H29NO2/c1-7-17(6,19)11-20-16-13(4)8-15(9-14(16)5)10-18-12(2)3/h8-9,12,18-19H,7,10-11H2,1-6H3. The zero-order valence-corrected chi connectivity index (χ0v) is 13.7. The Bertz CT molecular complexity index is 416. The molecule has 1 aromatic carbocycles. The summed E-state index contributed by atoms with van der Waals surface area (Å²) in [6, 6.07) is 4.78. The smallest absolute Gasteiger partial charge is 0.125 e. The molecule has 20 heavy (non-hydrogen) atoms. The van der Waals surface area contributed by atoms with Crippen LogP contribution in [0.1, 0.15) is 50.8 Å². The molecule has 0 amide bonds. The molecule has 0 radical (unpaired) electrons. The normalized spacial score (nSPS) is 14.4. The van der Waals surface area contributed by atoms with Gasteiger partial charge in [0, 0.05) is 12.6 Å². The van der Waals surface area contributed by atoms with E-state index in [9.17, 15) is 5.11 Å². The van der Waals surface area contributed by atoms with Crippen LogP contribution in [0, 0.1) is 13.8 Å². The summed E-state index contributed by atoms with van der Waals surface area (Å²) in [6.45, 7) is 13.4. The second-order valence-electron chi connectivity index (χ2n) is 6.23. The second-order valence-corrected chi connectivity index (χ2v) is 6.23. The lowest BCUT2D eigenvalue weighted by molar-refractivity contribution is 0.00807. The van der Waals surface area contributed by atoms with Crippen LogP contribution in [0.25, 0.3) is 0 Å². The molecule has 0 aliphatic carbocycles. The number of benzene rings is 1. The van der Waals surface area contributed by atoms with E-state index in [-0.39, 0.29) is 0 Å². The number of aliphatic hydroxyl groups is 1. The number of ether oxygens (including phenoxy) is 1. The molecule has 3 nitrogen and oxygen atoms in total. The lowest BCUT2D eigenvalue weighted by Gasteiger charge is -2.23. The second kappa shape index (κ2) is 7.09. The summed E-state index contributed by atoms with van der Waals surface area (Å²) in [6.07, 6.45) is 0.682. The number of hydrogen-bond acceptors (Lipinski definition) is 3. The van der Waals surface area contributed by atoms with Gasteiger partial charge in [0.15, 0.2) is 0 Å². The van der Waals surface area contributed by atoms with Crippen molar-refractivity contribution in [2.24, 2.45) is 0 Å². The van der Waals surface area contributed by atoms with Crippen LogP contribution >= 0.6 is 0 Å². The van der Waals surface area contributed by atoms with Gasteiger partial charge in [0.05, 0.1) is 5.60 Å². The Kier molecular flexibility index (Phi) is 6.03. The summed E-state index contributed by atoms with van der Waals surface area (Å²) in [7, 11) is 0. The Morgan fingerprint density at radius 3 is 2.25 bits per heavy atom. The molecule has 0 spiro atoms. The van der Waals surface area contributed by atoms with Crippen LogP contribution < -0.4 is 10.1 Å². The largest absolute Gasteiger partial charge is 0.490 e. The van der Waals surface area contributed by atoms with Crippen LogP contribution in [0.4, 0.5) is 0 Å². The van der Waals surface area contributed by atoms with Crippen LogP contribution in [-0.4, -0.2) is 23.4 Å². The van der Waals surface area contributed by atoms with Crippen LogP contribution in [-0.2, 0) is 6.54 Å². The summed E-state index contributed by atoms with van der Waals surface area (Å²) in [5, 5.41) is 13.5. The molecule has 114 valence electrons. The minimum absolute atomic E-state index is 0.328. The van der Waals surface area contributed by atoms with Gasteiger partial charge in [0.2, 0.25) is 0 Å². The highest BCUT2D eigenvalue weighted by atomic mass is 16.5. The quantitative estimate of drug-likeness (QED) is 0.804. The van der Waals surface area contributed by atoms with Crippen molar-refractivity contribution in [1.82, 2.24) is 5.32 Å². The minimum atomic E-state index is -0.767. The molecule has 0 aliphatic heterocycles. The summed E-state index contributed by atoms with van der Waals surface area (Å²) in [4.78, 5) is 0. The fourth-order valence-electron chi connectivity index (χ4n) is 2.02. The van der Waals surface area contributed by atoms with Gasteiger partial charge in [-0.15, -0.1) is 0 Å². The van der Waals surface area contributed by atoms with Gasteiger partial charge in [0.25, 0.3) is 0 Å². The summed E-state index contributed by atoms with van der Waals surface area (Å²) < 4.78 is 5.83. The highest BCUT2D eigenvalue weighted by Gasteiger charge is 2.19. The van der Waals surface area contributed by atoms with E-state index in [4.69, 9.17) is 4.74 Å². The third-order valence-corrected chi connectivity index (χ3v) is 3.52. The van der Waals surface area contributed by atoms with Crippen molar-refractivity contribution in [2.75, 3.05) is 6.61 Å². The van der Waals surface area contributed by atoms with Gasteiger partial charge in [-0.2, -0.15) is 0 Å². The maximum absolute atomic E-state index is 10.0. The highest BCUT2D eigenvalue weighted by Crippen LogP contribution is 2.26. The van der Waals surface area contributed by atoms with Crippen molar-refractivity contribution >= 4 is 0 Å². The van der Waals surface area contributed by atoms with E-state index < -0.39 is 5.60 Å². The number of nitrogens with one attached hydrogen (secondary N) is 1. The van der Waals surface area contributed by atoms with E-state index in [0.29, 0.717) is 19.1 Å². The molecule has 0 saturated carbocycles. The van der Waals surface area contributed by atoms with Crippen molar-refractivity contribution in [1.29, 1.82) is 0 Å². The van der Waals surface area contributed by atoms with Gasteiger partial charge >= 0.3 is 0 Å². The van der Waals surface area contributed by atoms with E-state index in [0.717, 1.165) is 23.4 Å². The molecule has 3 heteroatoms. The Balaban J connectivity index is 2.79. The number of hydrogen-bond donors (Lipinski definition) is 2. The minimum Gasteiger partial charge on any atom is -0.490 e. The number of rotatable bonds is 7. The zero-order chi connectivity index (χ0) is 15.3. The maximum atomic E-state index is 10.0. The molecule has 0 aliphatic rings. The van der Waals surface area contributed by atoms with E-state index in [1.54, 1.807) is 6.92 Å². The monoisotopic (exact) mass is 279 g/mol. The van der Waals surface area contributed by atoms with Crippen molar-refractivity contribution in [2.45, 2.75) is 66.2 Å². The lowest BCUT2D eigenvalue weighted by atomic mass is 10.0. The summed E-state index contributed by atoms with van der Waals surface area (Å²) in [5.41, 5.74) is 2.75. The van der Waals surface area contributed by atoms with E-state index in [1.165, 1.54) is 5.56 Å². The molecule has 1 atom stereocenters. The average molecular weight is 279 g/mol. The summed E-state index contributed by atoms with van der Waals surface area (Å²) >= 11 is 0. The van der Waals surface area contributed by atoms with Crippen molar-refractivity contribution in [3.8, 4) is 5.75 Å². The van der Waals surface area contributed by atoms with E-state index in [1.807, 2.05) is 6.92 Å². The van der Waals surface area contributed by atoms with Gasteiger partial charge < -0.3 is 15.2 Å². The predicted octanol–water partition coefficient (Wildman–Crippen LogP) is 3.34. The van der Waals surface area contributed by atoms with E-state index >= 15 is 0 Å². The molecule has 0 heterocycles. The molecule has 0 fully saturated rings. The summed E-state index contributed by atoms with van der Waals surface area (Å²) in [5.74, 6) is 0.895.